The van der Waals surface area contributed by atoms with E-state index < -0.39 is 0 Å². The standard InChI is InChI=1S/C8H10N6O/c1-15-14-3-2-9-7-6-8(11-4-10-6)13-5-12-7/h3-5H,2H2,1H3,(H2,9,10,11,12,13). The summed E-state index contributed by atoms with van der Waals surface area (Å²) in [5.41, 5.74) is 1.42. The molecule has 78 valence electrons. The highest BCUT2D eigenvalue weighted by Crippen LogP contribution is 2.13. The Hall–Kier alpha value is -2.18. The van der Waals surface area contributed by atoms with E-state index in [4.69, 9.17) is 0 Å². The minimum absolute atomic E-state index is 0.527. The van der Waals surface area contributed by atoms with Gasteiger partial charge in [0, 0.05) is 0 Å². The number of fused-ring (bicyclic) bond motifs is 1. The van der Waals surface area contributed by atoms with Gasteiger partial charge in [0.1, 0.15) is 19.0 Å². The van der Waals surface area contributed by atoms with Crippen LogP contribution in [0, 0.1) is 0 Å². The zero-order chi connectivity index (χ0) is 10.5. The van der Waals surface area contributed by atoms with Crippen molar-refractivity contribution in [2.45, 2.75) is 0 Å². The van der Waals surface area contributed by atoms with Gasteiger partial charge < -0.3 is 15.1 Å². The van der Waals surface area contributed by atoms with Crippen LogP contribution in [0.15, 0.2) is 17.8 Å². The van der Waals surface area contributed by atoms with Gasteiger partial charge in [-0.3, -0.25) is 0 Å². The molecule has 0 spiro atoms. The Kier molecular flexibility index (Phi) is 2.72. The molecule has 0 saturated heterocycles. The van der Waals surface area contributed by atoms with E-state index in [1.165, 1.54) is 13.4 Å². The van der Waals surface area contributed by atoms with Gasteiger partial charge in [0.15, 0.2) is 11.5 Å². The van der Waals surface area contributed by atoms with E-state index in [9.17, 15) is 0 Å². The van der Waals surface area contributed by atoms with Crippen LogP contribution in [0.4, 0.5) is 5.82 Å². The van der Waals surface area contributed by atoms with Gasteiger partial charge in [-0.15, -0.1) is 0 Å². The Labute approximate surface area is 85.6 Å². The van der Waals surface area contributed by atoms with Crippen LogP contribution in [0.5, 0.6) is 0 Å². The molecule has 0 aliphatic carbocycles. The van der Waals surface area contributed by atoms with E-state index in [1.54, 1.807) is 12.5 Å². The van der Waals surface area contributed by atoms with Gasteiger partial charge in [-0.25, -0.2) is 15.0 Å². The first-order valence-electron chi connectivity index (χ1n) is 4.34. The van der Waals surface area contributed by atoms with Gasteiger partial charge in [-0.05, 0) is 0 Å². The molecule has 0 saturated carbocycles. The maximum absolute atomic E-state index is 4.53. The van der Waals surface area contributed by atoms with E-state index >= 15 is 0 Å². The third-order valence-electron chi connectivity index (χ3n) is 1.76. The number of hydrogen-bond acceptors (Lipinski definition) is 6. The monoisotopic (exact) mass is 206 g/mol. The highest BCUT2D eigenvalue weighted by molar-refractivity contribution is 5.83. The van der Waals surface area contributed by atoms with Gasteiger partial charge in [0.2, 0.25) is 0 Å². The lowest BCUT2D eigenvalue weighted by molar-refractivity contribution is 0.215. The fraction of sp³-hybridized carbons (Fsp3) is 0.250. The van der Waals surface area contributed by atoms with Crippen molar-refractivity contribution in [2.24, 2.45) is 5.16 Å². The minimum Gasteiger partial charge on any atom is -0.399 e. The normalized spacial score (nSPS) is 11.0. The molecule has 7 nitrogen and oxygen atoms in total. The van der Waals surface area contributed by atoms with E-state index in [0.29, 0.717) is 18.0 Å². The summed E-state index contributed by atoms with van der Waals surface area (Å²) in [6.07, 6.45) is 4.64. The van der Waals surface area contributed by atoms with Gasteiger partial charge >= 0.3 is 0 Å². The number of rotatable bonds is 4. The highest BCUT2D eigenvalue weighted by atomic mass is 16.6. The molecule has 0 amide bonds. The van der Waals surface area contributed by atoms with Crippen molar-refractivity contribution in [1.29, 1.82) is 0 Å². The number of nitrogens with one attached hydrogen (secondary N) is 2. The Morgan fingerprint density at radius 2 is 2.47 bits per heavy atom. The summed E-state index contributed by atoms with van der Waals surface area (Å²) < 4.78 is 0. The van der Waals surface area contributed by atoms with Gasteiger partial charge in [-0.2, -0.15) is 0 Å². The largest absolute Gasteiger partial charge is 0.399 e. The molecular formula is C8H10N6O. The summed E-state index contributed by atoms with van der Waals surface area (Å²) in [6, 6.07) is 0. The maximum Gasteiger partial charge on any atom is 0.182 e. The number of anilines is 1. The van der Waals surface area contributed by atoms with Gasteiger partial charge in [0.05, 0.1) is 19.1 Å². The number of aromatic nitrogens is 4. The molecule has 15 heavy (non-hydrogen) atoms. The lowest BCUT2D eigenvalue weighted by Crippen LogP contribution is -2.05. The fourth-order valence-corrected chi connectivity index (χ4v) is 1.15. The van der Waals surface area contributed by atoms with Crippen LogP contribution < -0.4 is 5.32 Å². The summed E-state index contributed by atoms with van der Waals surface area (Å²) in [4.78, 5) is 19.6. The molecule has 2 N–H and O–H groups in total. The molecule has 0 radical (unpaired) electrons. The molecule has 7 heteroatoms. The van der Waals surface area contributed by atoms with E-state index in [0.717, 1.165) is 5.52 Å². The van der Waals surface area contributed by atoms with Gasteiger partial charge in [0.25, 0.3) is 0 Å². The third-order valence-corrected chi connectivity index (χ3v) is 1.76. The van der Waals surface area contributed by atoms with Crippen molar-refractivity contribution in [2.75, 3.05) is 19.0 Å². The average Bonchev–Trinajstić information content (AvgIpc) is 2.73. The predicted octanol–water partition coefficient (Wildman–Crippen LogP) is 0.397. The first-order chi connectivity index (χ1) is 7.42. The number of imidazole rings is 1. The van der Waals surface area contributed by atoms with E-state index in [1.807, 2.05) is 0 Å². The molecule has 0 atom stereocenters. The number of H-pyrrole nitrogens is 1. The number of aromatic amines is 1. The molecule has 0 aromatic carbocycles. The van der Waals surface area contributed by atoms with Gasteiger partial charge in [-0.1, -0.05) is 5.16 Å². The summed E-state index contributed by atoms with van der Waals surface area (Å²) in [7, 11) is 1.49. The van der Waals surface area contributed by atoms with Crippen molar-refractivity contribution in [3.05, 3.63) is 12.7 Å². The molecule has 2 rings (SSSR count). The Morgan fingerprint density at radius 3 is 3.33 bits per heavy atom. The van der Waals surface area contributed by atoms with E-state index in [2.05, 4.69) is 35.2 Å². The SMILES string of the molecule is CON=CCNc1ncnc2nc[nH]c12. The van der Waals surface area contributed by atoms with Crippen LogP contribution in [0.2, 0.25) is 0 Å². The maximum atomic E-state index is 4.53. The van der Waals surface area contributed by atoms with E-state index in [-0.39, 0.29) is 0 Å². The van der Waals surface area contributed by atoms with Crippen molar-refractivity contribution in [3.63, 3.8) is 0 Å². The first kappa shape index (κ1) is 9.38. The zero-order valence-electron chi connectivity index (χ0n) is 8.14. The molecule has 0 unspecified atom stereocenters. The quantitative estimate of drug-likeness (QED) is 0.558. The highest BCUT2D eigenvalue weighted by Gasteiger charge is 2.03. The molecule has 0 aliphatic rings. The Morgan fingerprint density at radius 1 is 1.53 bits per heavy atom. The summed E-state index contributed by atoms with van der Waals surface area (Å²) in [6.45, 7) is 0.527. The number of nitrogens with zero attached hydrogens (tertiary/aromatic N) is 4. The Bertz CT molecular complexity index is 465. The smallest absolute Gasteiger partial charge is 0.182 e. The molecule has 0 aliphatic heterocycles. The average molecular weight is 206 g/mol. The zero-order valence-corrected chi connectivity index (χ0v) is 8.14. The first-order valence-corrected chi connectivity index (χ1v) is 4.34. The second kappa shape index (κ2) is 4.36. The predicted molar refractivity (Wildman–Crippen MR) is 55.7 cm³/mol. The molecular weight excluding hydrogens is 196 g/mol. The third kappa shape index (κ3) is 2.01. The number of hydrogen-bond donors (Lipinski definition) is 2. The molecule has 0 bridgehead atoms. The van der Waals surface area contributed by atoms with Crippen molar-refractivity contribution >= 4 is 23.2 Å². The van der Waals surface area contributed by atoms with Crippen LogP contribution in [0.25, 0.3) is 11.2 Å². The summed E-state index contributed by atoms with van der Waals surface area (Å²) in [5.74, 6) is 0.694. The van der Waals surface area contributed by atoms with Crippen LogP contribution in [-0.4, -0.2) is 39.8 Å². The van der Waals surface area contributed by atoms with Crippen LogP contribution in [-0.2, 0) is 4.84 Å². The minimum atomic E-state index is 0.527. The van der Waals surface area contributed by atoms with Crippen LogP contribution in [0.1, 0.15) is 0 Å². The number of oxime groups is 1. The molecule has 0 fully saturated rings. The fourth-order valence-electron chi connectivity index (χ4n) is 1.15. The molecule has 2 aromatic rings. The molecule has 2 heterocycles. The molecule has 2 aromatic heterocycles. The van der Waals surface area contributed by atoms with Crippen molar-refractivity contribution < 1.29 is 4.84 Å². The lowest BCUT2D eigenvalue weighted by Gasteiger charge is -2.01. The van der Waals surface area contributed by atoms with Crippen molar-refractivity contribution in [1.82, 2.24) is 19.9 Å². The van der Waals surface area contributed by atoms with Crippen molar-refractivity contribution in [3.8, 4) is 0 Å². The topological polar surface area (TPSA) is 88.1 Å². The Balaban J connectivity index is 2.13. The summed E-state index contributed by atoms with van der Waals surface area (Å²) in [5, 5.41) is 6.65. The van der Waals surface area contributed by atoms with Crippen LogP contribution in [0.3, 0.4) is 0 Å². The van der Waals surface area contributed by atoms with Crippen LogP contribution >= 0.6 is 0 Å². The lowest BCUT2D eigenvalue weighted by atomic mass is 10.5. The second-order valence-electron chi connectivity index (χ2n) is 2.67. The summed E-state index contributed by atoms with van der Waals surface area (Å²) >= 11 is 0. The second-order valence-corrected chi connectivity index (χ2v) is 2.67.